The molecule has 0 amide bonds. The van der Waals surface area contributed by atoms with Crippen molar-refractivity contribution in [1.82, 2.24) is 0 Å². The van der Waals surface area contributed by atoms with Crippen LogP contribution < -0.4 is 0 Å². The molecule has 432 valence electrons. The summed E-state index contributed by atoms with van der Waals surface area (Å²) >= 11 is 0. The van der Waals surface area contributed by atoms with Gasteiger partial charge >= 0.3 is 17.9 Å². The Morgan fingerprint density at radius 3 is 0.816 bits per heavy atom. The van der Waals surface area contributed by atoms with E-state index in [9.17, 15) is 14.4 Å². The van der Waals surface area contributed by atoms with Crippen LogP contribution in [-0.4, -0.2) is 37.2 Å². The molecule has 0 radical (unpaired) electrons. The van der Waals surface area contributed by atoms with Crippen molar-refractivity contribution in [3.8, 4) is 0 Å². The number of hydrogen-bond acceptors (Lipinski definition) is 6. The van der Waals surface area contributed by atoms with Gasteiger partial charge in [0.25, 0.3) is 0 Å². The summed E-state index contributed by atoms with van der Waals surface area (Å²) in [6.07, 6.45) is 88.0. The smallest absolute Gasteiger partial charge is 0.306 e. The Labute approximate surface area is 469 Å². The van der Waals surface area contributed by atoms with Crippen LogP contribution in [0.25, 0.3) is 0 Å². The van der Waals surface area contributed by atoms with E-state index in [1.54, 1.807) is 0 Å². The number of ether oxygens (including phenoxy) is 3. The molecule has 0 N–H and O–H groups in total. The van der Waals surface area contributed by atoms with Gasteiger partial charge in [-0.1, -0.05) is 271 Å². The third kappa shape index (κ3) is 60.7. The highest BCUT2D eigenvalue weighted by Crippen LogP contribution is 2.15. The summed E-state index contributed by atoms with van der Waals surface area (Å²) in [5, 5.41) is 0. The van der Waals surface area contributed by atoms with Crippen LogP contribution in [0.5, 0.6) is 0 Å². The van der Waals surface area contributed by atoms with Crippen LogP contribution in [0.1, 0.15) is 284 Å². The molecule has 6 heteroatoms. The Morgan fingerprint density at radius 2 is 0.513 bits per heavy atom. The van der Waals surface area contributed by atoms with E-state index < -0.39 is 6.10 Å². The third-order valence-corrected chi connectivity index (χ3v) is 13.2. The average Bonchev–Trinajstić information content (AvgIpc) is 3.42. The van der Waals surface area contributed by atoms with Gasteiger partial charge in [-0.2, -0.15) is 0 Å². The molecule has 0 aromatic heterocycles. The van der Waals surface area contributed by atoms with Gasteiger partial charge in [0.2, 0.25) is 0 Å². The second-order valence-electron chi connectivity index (χ2n) is 20.6. The Bertz CT molecular complexity index is 1590. The van der Waals surface area contributed by atoms with E-state index in [4.69, 9.17) is 14.2 Å². The lowest BCUT2D eigenvalue weighted by molar-refractivity contribution is -0.167. The Morgan fingerprint density at radius 1 is 0.276 bits per heavy atom. The van der Waals surface area contributed by atoms with Crippen molar-refractivity contribution in [3.63, 3.8) is 0 Å². The summed E-state index contributed by atoms with van der Waals surface area (Å²) in [6.45, 7) is 6.45. The molecule has 6 nitrogen and oxygen atoms in total. The van der Waals surface area contributed by atoms with Crippen molar-refractivity contribution < 1.29 is 28.6 Å². The monoisotopic (exact) mass is 1050 g/mol. The summed E-state index contributed by atoms with van der Waals surface area (Å²) in [6, 6.07) is 0. The van der Waals surface area contributed by atoms with Crippen molar-refractivity contribution in [2.75, 3.05) is 13.2 Å². The predicted octanol–water partition coefficient (Wildman–Crippen LogP) is 21.6. The van der Waals surface area contributed by atoms with Gasteiger partial charge < -0.3 is 14.2 Å². The summed E-state index contributed by atoms with van der Waals surface area (Å²) in [7, 11) is 0. The molecule has 0 aromatic carbocycles. The molecule has 1 atom stereocenters. The van der Waals surface area contributed by atoms with E-state index in [1.807, 2.05) is 0 Å². The summed E-state index contributed by atoms with van der Waals surface area (Å²) < 4.78 is 16.8. The maximum Gasteiger partial charge on any atom is 0.306 e. The fraction of sp³-hybridized carbons (Fsp3) is 0.671. The first-order chi connectivity index (χ1) is 37.5. The van der Waals surface area contributed by atoms with Crippen molar-refractivity contribution in [2.45, 2.75) is 290 Å². The van der Waals surface area contributed by atoms with Crippen LogP contribution in [0.2, 0.25) is 0 Å². The minimum absolute atomic E-state index is 0.0845. The minimum atomic E-state index is -0.786. The maximum absolute atomic E-state index is 12.8. The number of carbonyl (C=O) groups is 3. The second-order valence-corrected chi connectivity index (χ2v) is 20.6. The highest BCUT2D eigenvalue weighted by molar-refractivity contribution is 5.71. The molecular weight excluding hydrogens is 937 g/mol. The van der Waals surface area contributed by atoms with E-state index in [-0.39, 0.29) is 31.1 Å². The zero-order chi connectivity index (χ0) is 55.0. The molecular formula is C70H116O6. The van der Waals surface area contributed by atoms with Gasteiger partial charge in [0, 0.05) is 19.3 Å². The number of esters is 3. The van der Waals surface area contributed by atoms with Gasteiger partial charge in [0.05, 0.1) is 0 Å². The molecule has 1 unspecified atom stereocenters. The van der Waals surface area contributed by atoms with E-state index >= 15 is 0 Å². The van der Waals surface area contributed by atoms with Crippen LogP contribution in [0.4, 0.5) is 0 Å². The number of rotatable bonds is 56. The van der Waals surface area contributed by atoms with E-state index in [1.165, 1.54) is 109 Å². The van der Waals surface area contributed by atoms with Crippen LogP contribution in [0, 0.1) is 0 Å². The SMILES string of the molecule is CC/C=C\C/C=C\C/C=C\C/C=C\C/C=C\C/C=C\C/C=C\C/C=C\CCCCCCCCCCCCC(=O)OCC(COC(=O)CCCCCCCCC)OC(=O)CCCCCCC/C=C\C/C=C\CCCCCC. The first kappa shape index (κ1) is 71.8. The quantitative estimate of drug-likeness (QED) is 0.0261. The number of hydrogen-bond donors (Lipinski definition) is 0. The highest BCUT2D eigenvalue weighted by Gasteiger charge is 2.19. The molecule has 0 spiro atoms. The van der Waals surface area contributed by atoms with Gasteiger partial charge in [-0.05, 0) is 116 Å². The molecule has 0 heterocycles. The Balaban J connectivity index is 4.11. The topological polar surface area (TPSA) is 78.9 Å². The van der Waals surface area contributed by atoms with Gasteiger partial charge in [0.1, 0.15) is 13.2 Å². The van der Waals surface area contributed by atoms with Crippen LogP contribution in [0.3, 0.4) is 0 Å². The number of unbranched alkanes of at least 4 members (excludes halogenated alkanes) is 25. The largest absolute Gasteiger partial charge is 0.462 e. The standard InChI is InChI=1S/C70H116O6/c1-4-7-10-13-16-18-20-22-24-26-27-28-29-30-31-32-33-34-35-36-37-38-39-40-41-42-43-44-46-47-49-51-54-57-60-63-69(72)75-66-67(65-74-68(71)62-59-56-53-15-12-9-6-3)76-70(73)64-61-58-55-52-50-48-45-25-23-21-19-17-14-11-8-5-2/h7,10,16,18-19,21-22,24-25,27-28,30-31,33-34,36-37,39-40,45,67H,4-6,8-9,11-15,17,20,23,26,29,32,35,38,41-44,46-66H2,1-3H3/b10-7-,18-16-,21-19-,24-22-,28-27-,31-30-,34-33-,37-36-,40-39-,45-25-. The molecule has 0 fully saturated rings. The summed E-state index contributed by atoms with van der Waals surface area (Å²) in [4.78, 5) is 38.0. The predicted molar refractivity (Wildman–Crippen MR) is 330 cm³/mol. The molecule has 0 rings (SSSR count). The van der Waals surface area contributed by atoms with E-state index in [0.29, 0.717) is 19.3 Å². The molecule has 0 aliphatic rings. The maximum atomic E-state index is 12.8. The van der Waals surface area contributed by atoms with Gasteiger partial charge in [-0.25, -0.2) is 0 Å². The number of carbonyl (C=O) groups excluding carboxylic acids is 3. The average molecular weight is 1050 g/mol. The minimum Gasteiger partial charge on any atom is -0.462 e. The van der Waals surface area contributed by atoms with E-state index in [0.717, 1.165) is 135 Å². The molecule has 0 saturated heterocycles. The number of allylic oxidation sites excluding steroid dienone is 20. The lowest BCUT2D eigenvalue weighted by Gasteiger charge is -2.18. The third-order valence-electron chi connectivity index (χ3n) is 13.2. The van der Waals surface area contributed by atoms with Gasteiger partial charge in [0.15, 0.2) is 6.10 Å². The zero-order valence-corrected chi connectivity index (χ0v) is 49.5. The first-order valence-corrected chi connectivity index (χ1v) is 31.5. The summed E-state index contributed by atoms with van der Waals surface area (Å²) in [5.74, 6) is -0.908. The molecule has 0 bridgehead atoms. The zero-order valence-electron chi connectivity index (χ0n) is 49.5. The van der Waals surface area contributed by atoms with Crippen molar-refractivity contribution >= 4 is 17.9 Å². The molecule has 0 saturated carbocycles. The second kappa shape index (κ2) is 63.3. The molecule has 0 aliphatic heterocycles. The first-order valence-electron chi connectivity index (χ1n) is 31.5. The van der Waals surface area contributed by atoms with Crippen LogP contribution in [0.15, 0.2) is 122 Å². The van der Waals surface area contributed by atoms with Crippen LogP contribution >= 0.6 is 0 Å². The van der Waals surface area contributed by atoms with E-state index in [2.05, 4.69) is 142 Å². The van der Waals surface area contributed by atoms with Crippen LogP contribution in [-0.2, 0) is 28.6 Å². The molecule has 0 aliphatic carbocycles. The Hall–Kier alpha value is -4.19. The lowest BCUT2D eigenvalue weighted by Crippen LogP contribution is -2.30. The highest BCUT2D eigenvalue weighted by atomic mass is 16.6. The fourth-order valence-electron chi connectivity index (χ4n) is 8.49. The normalized spacial score (nSPS) is 12.9. The molecule has 76 heavy (non-hydrogen) atoms. The summed E-state index contributed by atoms with van der Waals surface area (Å²) in [5.41, 5.74) is 0. The van der Waals surface area contributed by atoms with Crippen molar-refractivity contribution in [2.24, 2.45) is 0 Å². The molecule has 0 aromatic rings. The van der Waals surface area contributed by atoms with Crippen molar-refractivity contribution in [3.05, 3.63) is 122 Å². The van der Waals surface area contributed by atoms with Gasteiger partial charge in [-0.3, -0.25) is 14.4 Å². The fourth-order valence-corrected chi connectivity index (χ4v) is 8.49. The van der Waals surface area contributed by atoms with Crippen molar-refractivity contribution in [1.29, 1.82) is 0 Å². The Kier molecular flexibility index (Phi) is 59.9. The van der Waals surface area contributed by atoms with Gasteiger partial charge in [-0.15, -0.1) is 0 Å². The lowest BCUT2D eigenvalue weighted by atomic mass is 10.1.